The van der Waals surface area contributed by atoms with Crippen LogP contribution < -0.4 is 15.8 Å². The molecule has 0 saturated carbocycles. The summed E-state index contributed by atoms with van der Waals surface area (Å²) in [7, 11) is 0. The lowest BCUT2D eigenvalue weighted by atomic mass is 10.1. The lowest BCUT2D eigenvalue weighted by Crippen LogP contribution is -2.26. The number of carboxylic acid groups (broad SMARTS) is 1. The number of nitrogens with one attached hydrogen (secondary N) is 1. The van der Waals surface area contributed by atoms with Gasteiger partial charge in [-0.15, -0.1) is 0 Å². The number of benzene rings is 1. The molecule has 0 bridgehead atoms. The summed E-state index contributed by atoms with van der Waals surface area (Å²) in [5.74, 6) is -1.12. The van der Waals surface area contributed by atoms with E-state index in [1.807, 2.05) is 0 Å². The molecule has 1 aliphatic heterocycles. The van der Waals surface area contributed by atoms with E-state index in [4.69, 9.17) is 15.6 Å². The van der Waals surface area contributed by atoms with E-state index in [-0.39, 0.29) is 23.8 Å². The second-order valence-corrected chi connectivity index (χ2v) is 3.08. The number of fused-ring (bicyclic) bond motifs is 1. The molecule has 1 aromatic carbocycles. The van der Waals surface area contributed by atoms with Crippen molar-refractivity contribution < 1.29 is 19.4 Å². The number of carboxylic acids is 1. The number of carbonyl (C=O) groups is 2. The van der Waals surface area contributed by atoms with Gasteiger partial charge in [-0.05, 0) is 12.1 Å². The number of hydrogen-bond acceptors (Lipinski definition) is 4. The maximum atomic E-state index is 11.0. The molecule has 0 unspecified atom stereocenters. The maximum absolute atomic E-state index is 11.0. The molecule has 1 heterocycles. The van der Waals surface area contributed by atoms with Gasteiger partial charge >= 0.3 is 5.97 Å². The molecule has 0 spiro atoms. The fourth-order valence-electron chi connectivity index (χ4n) is 1.35. The summed E-state index contributed by atoms with van der Waals surface area (Å²) < 4.78 is 5.07. The van der Waals surface area contributed by atoms with Gasteiger partial charge in [0.15, 0.2) is 12.4 Å². The van der Waals surface area contributed by atoms with Crippen molar-refractivity contribution in [1.29, 1.82) is 0 Å². The van der Waals surface area contributed by atoms with Crippen LogP contribution >= 0.6 is 0 Å². The molecule has 0 aromatic heterocycles. The van der Waals surface area contributed by atoms with E-state index in [1.165, 1.54) is 12.1 Å². The summed E-state index contributed by atoms with van der Waals surface area (Å²) in [6.45, 7) is -0.108. The van der Waals surface area contributed by atoms with Gasteiger partial charge in [-0.2, -0.15) is 0 Å². The normalized spacial score (nSPS) is 13.7. The minimum absolute atomic E-state index is 0.0112. The highest BCUT2D eigenvalue weighted by atomic mass is 16.5. The first-order chi connectivity index (χ1) is 7.08. The van der Waals surface area contributed by atoms with Crippen LogP contribution in [0.3, 0.4) is 0 Å². The smallest absolute Gasteiger partial charge is 0.335 e. The van der Waals surface area contributed by atoms with Gasteiger partial charge in [0.05, 0.1) is 16.9 Å². The number of aromatic carboxylic acids is 1. The molecular formula is C9H8N2O4. The number of ether oxygens (including phenoxy) is 1. The zero-order valence-electron chi connectivity index (χ0n) is 7.61. The van der Waals surface area contributed by atoms with E-state index in [0.717, 1.165) is 0 Å². The molecule has 0 radical (unpaired) electrons. The molecule has 15 heavy (non-hydrogen) atoms. The van der Waals surface area contributed by atoms with Gasteiger partial charge in [-0.25, -0.2) is 4.79 Å². The summed E-state index contributed by atoms with van der Waals surface area (Å²) in [4.78, 5) is 21.7. The van der Waals surface area contributed by atoms with Crippen LogP contribution in [0.1, 0.15) is 10.4 Å². The number of amides is 1. The van der Waals surface area contributed by atoms with Crippen LogP contribution in [-0.2, 0) is 4.79 Å². The van der Waals surface area contributed by atoms with E-state index in [2.05, 4.69) is 5.32 Å². The van der Waals surface area contributed by atoms with Gasteiger partial charge in [-0.1, -0.05) is 0 Å². The lowest BCUT2D eigenvalue weighted by Gasteiger charge is -2.19. The third kappa shape index (κ3) is 1.56. The molecule has 6 heteroatoms. The van der Waals surface area contributed by atoms with Crippen molar-refractivity contribution in [1.82, 2.24) is 0 Å². The molecule has 4 N–H and O–H groups in total. The number of nitrogens with two attached hydrogens (primary N) is 1. The van der Waals surface area contributed by atoms with Gasteiger partial charge in [0.25, 0.3) is 5.91 Å². The number of hydrogen-bond donors (Lipinski definition) is 3. The molecule has 1 aromatic rings. The summed E-state index contributed by atoms with van der Waals surface area (Å²) in [5.41, 5.74) is 6.09. The molecule has 2 rings (SSSR count). The first-order valence-corrected chi connectivity index (χ1v) is 4.17. The second-order valence-electron chi connectivity index (χ2n) is 3.08. The monoisotopic (exact) mass is 208 g/mol. The first-order valence-electron chi connectivity index (χ1n) is 4.17. The molecule has 0 fully saturated rings. The average Bonchev–Trinajstić information content (AvgIpc) is 2.16. The van der Waals surface area contributed by atoms with Gasteiger partial charge in [-0.3, -0.25) is 4.79 Å². The van der Waals surface area contributed by atoms with Crippen LogP contribution in [0.4, 0.5) is 11.4 Å². The zero-order chi connectivity index (χ0) is 11.0. The third-order valence-corrected chi connectivity index (χ3v) is 1.99. The minimum atomic E-state index is -1.11. The maximum Gasteiger partial charge on any atom is 0.335 e. The Kier molecular flexibility index (Phi) is 1.96. The van der Waals surface area contributed by atoms with Crippen molar-refractivity contribution in [2.24, 2.45) is 0 Å². The standard InChI is InChI=1S/C9H8N2O4/c10-5-1-4(9(13)14)2-6-8(5)15-3-7(12)11-6/h1-2H,3,10H2,(H,11,12)(H,13,14). The van der Waals surface area contributed by atoms with Gasteiger partial charge in [0, 0.05) is 0 Å². The topological polar surface area (TPSA) is 102 Å². The minimum Gasteiger partial charge on any atom is -0.479 e. The number of carbonyl (C=O) groups excluding carboxylic acids is 1. The molecular weight excluding hydrogens is 200 g/mol. The highest BCUT2D eigenvalue weighted by Gasteiger charge is 2.20. The van der Waals surface area contributed by atoms with E-state index in [1.54, 1.807) is 0 Å². The largest absolute Gasteiger partial charge is 0.479 e. The van der Waals surface area contributed by atoms with Crippen molar-refractivity contribution in [2.75, 3.05) is 17.7 Å². The fourth-order valence-corrected chi connectivity index (χ4v) is 1.35. The molecule has 0 saturated heterocycles. The van der Waals surface area contributed by atoms with Gasteiger partial charge in [0.1, 0.15) is 0 Å². The molecule has 0 atom stereocenters. The highest BCUT2D eigenvalue weighted by Crippen LogP contribution is 2.34. The van der Waals surface area contributed by atoms with Crippen molar-refractivity contribution in [2.45, 2.75) is 0 Å². The van der Waals surface area contributed by atoms with Crippen LogP contribution in [0.25, 0.3) is 0 Å². The number of anilines is 2. The fraction of sp³-hybridized carbons (Fsp3) is 0.111. The van der Waals surface area contributed by atoms with Crippen molar-refractivity contribution in [3.8, 4) is 5.75 Å². The predicted octanol–water partition coefficient (Wildman–Crippen LogP) is 0.298. The van der Waals surface area contributed by atoms with E-state index < -0.39 is 5.97 Å². The predicted molar refractivity (Wildman–Crippen MR) is 51.9 cm³/mol. The lowest BCUT2D eigenvalue weighted by molar-refractivity contribution is -0.118. The number of nitrogen functional groups attached to an aromatic ring is 1. The summed E-state index contributed by atoms with van der Waals surface area (Å²) in [6, 6.07) is 2.60. The molecule has 78 valence electrons. The van der Waals surface area contributed by atoms with Gasteiger partial charge < -0.3 is 20.9 Å². The van der Waals surface area contributed by atoms with Gasteiger partial charge in [0.2, 0.25) is 0 Å². The zero-order valence-corrected chi connectivity index (χ0v) is 7.61. The summed E-state index contributed by atoms with van der Waals surface area (Å²) >= 11 is 0. The van der Waals surface area contributed by atoms with Crippen molar-refractivity contribution >= 4 is 23.3 Å². The molecule has 6 nitrogen and oxygen atoms in total. The second kappa shape index (κ2) is 3.16. The highest BCUT2D eigenvalue weighted by molar-refractivity contribution is 6.00. The van der Waals surface area contributed by atoms with Crippen LogP contribution in [0.15, 0.2) is 12.1 Å². The quantitative estimate of drug-likeness (QED) is 0.576. The molecule has 0 aliphatic carbocycles. The van der Waals surface area contributed by atoms with Crippen molar-refractivity contribution in [3.05, 3.63) is 17.7 Å². The first kappa shape index (κ1) is 9.32. The van der Waals surface area contributed by atoms with Crippen molar-refractivity contribution in [3.63, 3.8) is 0 Å². The Balaban J connectivity index is 2.53. The third-order valence-electron chi connectivity index (χ3n) is 1.99. The van der Waals surface area contributed by atoms with Crippen LogP contribution in [-0.4, -0.2) is 23.6 Å². The van der Waals surface area contributed by atoms with E-state index in [9.17, 15) is 9.59 Å². The van der Waals surface area contributed by atoms with E-state index in [0.29, 0.717) is 11.4 Å². The Labute approximate surface area is 84.6 Å². The Morgan fingerprint density at radius 1 is 1.53 bits per heavy atom. The van der Waals surface area contributed by atoms with E-state index >= 15 is 0 Å². The molecule has 1 aliphatic rings. The summed E-state index contributed by atoms with van der Waals surface area (Å²) in [5, 5.41) is 11.3. The SMILES string of the molecule is Nc1cc(C(=O)O)cc2c1OCC(=O)N2. The molecule has 1 amide bonds. The van der Waals surface area contributed by atoms with Crippen LogP contribution in [0.5, 0.6) is 5.75 Å². The van der Waals surface area contributed by atoms with Crippen LogP contribution in [0, 0.1) is 0 Å². The van der Waals surface area contributed by atoms with Crippen LogP contribution in [0.2, 0.25) is 0 Å². The Hall–Kier alpha value is -2.24. The number of rotatable bonds is 1. The Bertz CT molecular complexity index is 456. The average molecular weight is 208 g/mol. The Morgan fingerprint density at radius 3 is 2.93 bits per heavy atom. The summed E-state index contributed by atoms with van der Waals surface area (Å²) in [6.07, 6.45) is 0. The Morgan fingerprint density at radius 2 is 2.27 bits per heavy atom.